The van der Waals surface area contributed by atoms with E-state index in [1.807, 2.05) is 6.07 Å². The van der Waals surface area contributed by atoms with Crippen LogP contribution >= 0.6 is 0 Å². The average Bonchev–Trinajstić information content (AvgIpc) is 3.35. The number of carbonyl (C=O) groups excluding carboxylic acids is 1. The first-order valence-corrected chi connectivity index (χ1v) is 8.57. The van der Waals surface area contributed by atoms with Crippen LogP contribution < -0.4 is 5.43 Å². The van der Waals surface area contributed by atoms with Gasteiger partial charge in [-0.3, -0.25) is 4.79 Å². The van der Waals surface area contributed by atoms with Crippen LogP contribution in [0.25, 0.3) is 0 Å². The standard InChI is InChI=1S/C21H24N2O2/c1-21(2,3)16-9-7-15(8-10-16)18-12-19(18)20(25)23-22-13-14-5-4-6-17(24)11-14/h4-11,13,18-19,24H,12H2,1-3H3,(H,23,25)/t18-,19+/m0/s1. The molecule has 4 nitrogen and oxygen atoms in total. The van der Waals surface area contributed by atoms with E-state index in [0.29, 0.717) is 0 Å². The Morgan fingerprint density at radius 2 is 1.92 bits per heavy atom. The average molecular weight is 336 g/mol. The summed E-state index contributed by atoms with van der Waals surface area (Å²) in [6.45, 7) is 6.58. The molecule has 0 unspecified atom stereocenters. The molecule has 3 rings (SSSR count). The van der Waals surface area contributed by atoms with Gasteiger partial charge < -0.3 is 5.11 Å². The van der Waals surface area contributed by atoms with E-state index in [2.05, 4.69) is 55.6 Å². The van der Waals surface area contributed by atoms with Crippen molar-refractivity contribution < 1.29 is 9.90 Å². The summed E-state index contributed by atoms with van der Waals surface area (Å²) < 4.78 is 0. The number of hydrogen-bond donors (Lipinski definition) is 2. The molecule has 2 aromatic carbocycles. The van der Waals surface area contributed by atoms with Crippen LogP contribution in [0.5, 0.6) is 5.75 Å². The summed E-state index contributed by atoms with van der Waals surface area (Å²) in [5.74, 6) is 0.393. The van der Waals surface area contributed by atoms with Gasteiger partial charge in [-0.05, 0) is 46.6 Å². The van der Waals surface area contributed by atoms with Gasteiger partial charge in [0.05, 0.1) is 6.21 Å². The van der Waals surface area contributed by atoms with Gasteiger partial charge in [-0.15, -0.1) is 0 Å². The number of nitrogens with one attached hydrogen (secondary N) is 1. The highest BCUT2D eigenvalue weighted by Gasteiger charge is 2.43. The molecule has 4 heteroatoms. The Bertz CT molecular complexity index is 788. The van der Waals surface area contributed by atoms with E-state index < -0.39 is 0 Å². The number of benzene rings is 2. The normalized spacial score (nSPS) is 19.8. The number of carbonyl (C=O) groups is 1. The summed E-state index contributed by atoms with van der Waals surface area (Å²) in [4.78, 5) is 12.2. The number of amides is 1. The summed E-state index contributed by atoms with van der Waals surface area (Å²) in [6, 6.07) is 15.3. The lowest BCUT2D eigenvalue weighted by atomic mass is 9.86. The fourth-order valence-electron chi connectivity index (χ4n) is 2.94. The van der Waals surface area contributed by atoms with E-state index in [1.54, 1.807) is 18.2 Å². The van der Waals surface area contributed by atoms with Gasteiger partial charge in [0.2, 0.25) is 5.91 Å². The van der Waals surface area contributed by atoms with Gasteiger partial charge >= 0.3 is 0 Å². The van der Waals surface area contributed by atoms with Gasteiger partial charge in [0.1, 0.15) is 5.75 Å². The molecular weight excluding hydrogens is 312 g/mol. The smallest absolute Gasteiger partial charge is 0.243 e. The molecule has 2 aromatic rings. The molecule has 1 amide bonds. The van der Waals surface area contributed by atoms with Gasteiger partial charge in [-0.25, -0.2) is 5.43 Å². The van der Waals surface area contributed by atoms with E-state index in [0.717, 1.165) is 12.0 Å². The van der Waals surface area contributed by atoms with Crippen LogP contribution in [0.1, 0.15) is 49.8 Å². The van der Waals surface area contributed by atoms with Crippen LogP contribution in [-0.4, -0.2) is 17.2 Å². The monoisotopic (exact) mass is 336 g/mol. The second-order valence-corrected chi connectivity index (χ2v) is 7.65. The molecule has 0 radical (unpaired) electrons. The fourth-order valence-corrected chi connectivity index (χ4v) is 2.94. The van der Waals surface area contributed by atoms with Crippen LogP contribution in [0.4, 0.5) is 0 Å². The third-order valence-electron chi connectivity index (χ3n) is 4.59. The topological polar surface area (TPSA) is 61.7 Å². The predicted octanol–water partition coefficient (Wildman–Crippen LogP) is 3.94. The molecule has 1 aliphatic rings. The first kappa shape index (κ1) is 17.2. The zero-order valence-corrected chi connectivity index (χ0v) is 14.9. The Morgan fingerprint density at radius 3 is 2.56 bits per heavy atom. The zero-order chi connectivity index (χ0) is 18.0. The maximum atomic E-state index is 12.2. The maximum Gasteiger partial charge on any atom is 0.243 e. The van der Waals surface area contributed by atoms with Crippen LogP contribution in [0, 0.1) is 5.92 Å². The van der Waals surface area contributed by atoms with Crippen molar-refractivity contribution in [2.24, 2.45) is 11.0 Å². The van der Waals surface area contributed by atoms with Crippen molar-refractivity contribution in [3.8, 4) is 5.75 Å². The van der Waals surface area contributed by atoms with Gasteiger partial charge in [-0.1, -0.05) is 57.2 Å². The van der Waals surface area contributed by atoms with Crippen LogP contribution in [0.15, 0.2) is 53.6 Å². The highest BCUT2D eigenvalue weighted by molar-refractivity contribution is 5.85. The van der Waals surface area contributed by atoms with Crippen LogP contribution in [0.2, 0.25) is 0 Å². The Balaban J connectivity index is 1.55. The quantitative estimate of drug-likeness (QED) is 0.656. The summed E-state index contributed by atoms with van der Waals surface area (Å²) in [6.07, 6.45) is 2.40. The third kappa shape index (κ3) is 4.27. The molecule has 0 heterocycles. The van der Waals surface area contributed by atoms with E-state index in [1.165, 1.54) is 17.3 Å². The summed E-state index contributed by atoms with van der Waals surface area (Å²) in [7, 11) is 0. The molecule has 0 spiro atoms. The number of phenols is 1. The molecule has 1 saturated carbocycles. The first-order chi connectivity index (χ1) is 11.8. The Hall–Kier alpha value is -2.62. The highest BCUT2D eigenvalue weighted by atomic mass is 16.3. The molecule has 0 saturated heterocycles. The number of hydrogen-bond acceptors (Lipinski definition) is 3. The largest absolute Gasteiger partial charge is 0.508 e. The van der Waals surface area contributed by atoms with E-state index in [-0.39, 0.29) is 28.9 Å². The predicted molar refractivity (Wildman–Crippen MR) is 99.8 cm³/mol. The van der Waals surface area contributed by atoms with Gasteiger partial charge in [0, 0.05) is 5.92 Å². The molecule has 1 aliphatic carbocycles. The minimum absolute atomic E-state index is 0.0122. The van der Waals surface area contributed by atoms with Crippen LogP contribution in [-0.2, 0) is 10.2 Å². The van der Waals surface area contributed by atoms with Gasteiger partial charge in [-0.2, -0.15) is 5.10 Å². The molecule has 2 atom stereocenters. The van der Waals surface area contributed by atoms with Crippen molar-refractivity contribution in [1.82, 2.24) is 5.43 Å². The Labute approximate surface area is 148 Å². The second kappa shape index (κ2) is 6.71. The maximum absolute atomic E-state index is 12.2. The summed E-state index contributed by atoms with van der Waals surface area (Å²) in [5, 5.41) is 13.4. The zero-order valence-electron chi connectivity index (χ0n) is 14.9. The second-order valence-electron chi connectivity index (χ2n) is 7.65. The van der Waals surface area contributed by atoms with E-state index in [9.17, 15) is 9.90 Å². The van der Waals surface area contributed by atoms with Crippen molar-refractivity contribution in [3.05, 3.63) is 65.2 Å². The SMILES string of the molecule is CC(C)(C)c1ccc([C@@H]2C[C@H]2C(=O)NN=Cc2cccc(O)c2)cc1. The van der Waals surface area contributed by atoms with E-state index in [4.69, 9.17) is 0 Å². The molecular formula is C21H24N2O2. The number of phenolic OH excluding ortho intramolecular Hbond substituents is 1. The lowest BCUT2D eigenvalue weighted by Gasteiger charge is -2.19. The van der Waals surface area contributed by atoms with Gasteiger partial charge in [0.25, 0.3) is 0 Å². The molecule has 25 heavy (non-hydrogen) atoms. The van der Waals surface area contributed by atoms with Crippen molar-refractivity contribution in [2.45, 2.75) is 38.5 Å². The third-order valence-corrected chi connectivity index (χ3v) is 4.59. The Morgan fingerprint density at radius 1 is 1.20 bits per heavy atom. The fraction of sp³-hybridized carbons (Fsp3) is 0.333. The number of nitrogens with zero attached hydrogens (tertiary/aromatic N) is 1. The van der Waals surface area contributed by atoms with E-state index >= 15 is 0 Å². The minimum Gasteiger partial charge on any atom is -0.508 e. The molecule has 1 fully saturated rings. The number of rotatable bonds is 4. The lowest BCUT2D eigenvalue weighted by Crippen LogP contribution is -2.20. The lowest BCUT2D eigenvalue weighted by molar-refractivity contribution is -0.122. The molecule has 0 aromatic heterocycles. The first-order valence-electron chi connectivity index (χ1n) is 8.57. The molecule has 0 bridgehead atoms. The minimum atomic E-state index is -0.0544. The van der Waals surface area contributed by atoms with Crippen molar-refractivity contribution in [3.63, 3.8) is 0 Å². The van der Waals surface area contributed by atoms with Crippen molar-refractivity contribution >= 4 is 12.1 Å². The molecule has 2 N–H and O–H groups in total. The highest BCUT2D eigenvalue weighted by Crippen LogP contribution is 2.47. The number of hydrazone groups is 1. The van der Waals surface area contributed by atoms with Gasteiger partial charge in [0.15, 0.2) is 0 Å². The van der Waals surface area contributed by atoms with Crippen LogP contribution in [0.3, 0.4) is 0 Å². The van der Waals surface area contributed by atoms with Crippen molar-refractivity contribution in [1.29, 1.82) is 0 Å². The molecule has 130 valence electrons. The Kier molecular flexibility index (Phi) is 4.62. The number of aromatic hydroxyl groups is 1. The van der Waals surface area contributed by atoms with Crippen molar-refractivity contribution in [2.75, 3.05) is 0 Å². The summed E-state index contributed by atoms with van der Waals surface area (Å²) in [5.41, 5.74) is 5.99. The summed E-state index contributed by atoms with van der Waals surface area (Å²) >= 11 is 0. The molecule has 0 aliphatic heterocycles.